The van der Waals surface area contributed by atoms with Crippen molar-refractivity contribution in [3.05, 3.63) is 0 Å². The van der Waals surface area contributed by atoms with Gasteiger partial charge in [0.1, 0.15) is 0 Å². The van der Waals surface area contributed by atoms with E-state index in [-0.39, 0.29) is 11.9 Å². The van der Waals surface area contributed by atoms with Crippen LogP contribution in [0.4, 0.5) is 0 Å². The molecule has 1 heterocycles. The van der Waals surface area contributed by atoms with E-state index in [0.717, 1.165) is 39.1 Å². The fraction of sp³-hybridized carbons (Fsp3) is 0.923. The summed E-state index contributed by atoms with van der Waals surface area (Å²) in [5.41, 5.74) is 0. The molecule has 0 bridgehead atoms. The predicted octanol–water partition coefficient (Wildman–Crippen LogP) is 1.26. The van der Waals surface area contributed by atoms with Crippen LogP contribution in [0.3, 0.4) is 0 Å². The average molecular weight is 242 g/mol. The van der Waals surface area contributed by atoms with Crippen molar-refractivity contribution in [2.24, 2.45) is 5.92 Å². The van der Waals surface area contributed by atoms with Gasteiger partial charge in [-0.05, 0) is 25.3 Å². The second-order valence-corrected chi connectivity index (χ2v) is 5.05. The number of ether oxygens (including phenoxy) is 1. The molecule has 0 aromatic carbocycles. The van der Waals surface area contributed by atoms with E-state index >= 15 is 0 Å². The first-order valence-corrected chi connectivity index (χ1v) is 6.75. The standard InChI is InChI=1S/C13H26N2O2/c1-4-14-12-6-5-7-15(13(12)16)8-9-17-10-11(2)3/h11-12,14H,4-10H2,1-3H3. The summed E-state index contributed by atoms with van der Waals surface area (Å²) in [4.78, 5) is 14.0. The molecule has 17 heavy (non-hydrogen) atoms. The lowest BCUT2D eigenvalue weighted by Crippen LogP contribution is -2.51. The Morgan fingerprint density at radius 2 is 2.29 bits per heavy atom. The minimum atomic E-state index is 0.0267. The number of likely N-dealkylation sites (tertiary alicyclic amines) is 1. The van der Waals surface area contributed by atoms with Crippen molar-refractivity contribution in [2.75, 3.05) is 32.8 Å². The number of piperidine rings is 1. The topological polar surface area (TPSA) is 41.6 Å². The summed E-state index contributed by atoms with van der Waals surface area (Å²) >= 11 is 0. The summed E-state index contributed by atoms with van der Waals surface area (Å²) in [6.45, 7) is 10.2. The third-order valence-corrected chi connectivity index (χ3v) is 2.94. The normalized spacial score (nSPS) is 21.3. The van der Waals surface area contributed by atoms with E-state index in [1.807, 2.05) is 11.8 Å². The fourth-order valence-electron chi connectivity index (χ4n) is 2.09. The first-order chi connectivity index (χ1) is 8.15. The highest BCUT2D eigenvalue weighted by Gasteiger charge is 2.27. The van der Waals surface area contributed by atoms with Gasteiger partial charge in [-0.2, -0.15) is 0 Å². The Morgan fingerprint density at radius 3 is 2.94 bits per heavy atom. The van der Waals surface area contributed by atoms with Crippen molar-refractivity contribution in [3.63, 3.8) is 0 Å². The van der Waals surface area contributed by atoms with Crippen molar-refractivity contribution in [1.29, 1.82) is 0 Å². The molecule has 0 aliphatic carbocycles. The minimum absolute atomic E-state index is 0.0267. The molecule has 1 amide bonds. The molecule has 0 radical (unpaired) electrons. The Bertz CT molecular complexity index is 229. The number of likely N-dealkylation sites (N-methyl/N-ethyl adjacent to an activating group) is 1. The molecule has 1 rings (SSSR count). The molecule has 0 aromatic rings. The van der Waals surface area contributed by atoms with Crippen molar-refractivity contribution in [2.45, 2.75) is 39.7 Å². The van der Waals surface area contributed by atoms with Crippen LogP contribution < -0.4 is 5.32 Å². The zero-order valence-electron chi connectivity index (χ0n) is 11.4. The van der Waals surface area contributed by atoms with Crippen LogP contribution in [0.2, 0.25) is 0 Å². The van der Waals surface area contributed by atoms with Crippen LogP contribution in [0.1, 0.15) is 33.6 Å². The Morgan fingerprint density at radius 1 is 1.53 bits per heavy atom. The van der Waals surface area contributed by atoms with Crippen molar-refractivity contribution in [1.82, 2.24) is 10.2 Å². The van der Waals surface area contributed by atoms with Gasteiger partial charge in [0.2, 0.25) is 5.91 Å². The van der Waals surface area contributed by atoms with Gasteiger partial charge in [0, 0.05) is 19.7 Å². The van der Waals surface area contributed by atoms with E-state index in [4.69, 9.17) is 4.74 Å². The first-order valence-electron chi connectivity index (χ1n) is 6.75. The molecule has 1 aliphatic heterocycles. The van der Waals surface area contributed by atoms with Gasteiger partial charge in [-0.15, -0.1) is 0 Å². The molecule has 4 nitrogen and oxygen atoms in total. The van der Waals surface area contributed by atoms with Gasteiger partial charge in [-0.25, -0.2) is 0 Å². The summed E-state index contributed by atoms with van der Waals surface area (Å²) in [5, 5.41) is 3.24. The maximum Gasteiger partial charge on any atom is 0.239 e. The van der Waals surface area contributed by atoms with Crippen LogP contribution in [-0.4, -0.2) is 49.7 Å². The van der Waals surface area contributed by atoms with Gasteiger partial charge in [-0.1, -0.05) is 20.8 Å². The second kappa shape index (κ2) is 7.67. The minimum Gasteiger partial charge on any atom is -0.379 e. The number of nitrogens with zero attached hydrogens (tertiary/aromatic N) is 1. The van der Waals surface area contributed by atoms with E-state index in [9.17, 15) is 4.79 Å². The molecule has 100 valence electrons. The van der Waals surface area contributed by atoms with E-state index in [2.05, 4.69) is 19.2 Å². The number of hydrogen-bond acceptors (Lipinski definition) is 3. The number of rotatable bonds is 7. The average Bonchev–Trinajstić information content (AvgIpc) is 2.29. The maximum atomic E-state index is 12.1. The summed E-state index contributed by atoms with van der Waals surface area (Å²) in [7, 11) is 0. The number of hydrogen-bond donors (Lipinski definition) is 1. The van der Waals surface area contributed by atoms with Crippen molar-refractivity contribution >= 4 is 5.91 Å². The highest BCUT2D eigenvalue weighted by Crippen LogP contribution is 2.11. The quantitative estimate of drug-likeness (QED) is 0.683. The molecule has 0 spiro atoms. The fourth-order valence-corrected chi connectivity index (χ4v) is 2.09. The van der Waals surface area contributed by atoms with E-state index in [1.165, 1.54) is 0 Å². The Kier molecular flexibility index (Phi) is 6.52. The van der Waals surface area contributed by atoms with Crippen LogP contribution in [0, 0.1) is 5.92 Å². The molecule has 0 aromatic heterocycles. The highest BCUT2D eigenvalue weighted by molar-refractivity contribution is 5.82. The number of nitrogens with one attached hydrogen (secondary N) is 1. The second-order valence-electron chi connectivity index (χ2n) is 5.05. The zero-order valence-corrected chi connectivity index (χ0v) is 11.4. The SMILES string of the molecule is CCNC1CCCN(CCOCC(C)C)C1=O. The molecule has 1 unspecified atom stereocenters. The smallest absolute Gasteiger partial charge is 0.239 e. The Hall–Kier alpha value is -0.610. The van der Waals surface area contributed by atoms with Gasteiger partial charge in [0.15, 0.2) is 0 Å². The zero-order chi connectivity index (χ0) is 12.7. The summed E-state index contributed by atoms with van der Waals surface area (Å²) < 4.78 is 5.53. The maximum absolute atomic E-state index is 12.1. The molecule has 1 N–H and O–H groups in total. The van der Waals surface area contributed by atoms with Crippen LogP contribution in [-0.2, 0) is 9.53 Å². The lowest BCUT2D eigenvalue weighted by molar-refractivity contribution is -0.136. The number of carbonyl (C=O) groups excluding carboxylic acids is 1. The van der Waals surface area contributed by atoms with Crippen molar-refractivity contribution < 1.29 is 9.53 Å². The van der Waals surface area contributed by atoms with Crippen LogP contribution in [0.25, 0.3) is 0 Å². The van der Waals surface area contributed by atoms with E-state index in [0.29, 0.717) is 12.5 Å². The molecule has 1 saturated heterocycles. The first kappa shape index (κ1) is 14.5. The number of amides is 1. The largest absolute Gasteiger partial charge is 0.379 e. The Balaban J connectivity index is 2.25. The van der Waals surface area contributed by atoms with Gasteiger partial charge in [0.25, 0.3) is 0 Å². The number of carbonyl (C=O) groups is 1. The van der Waals surface area contributed by atoms with Gasteiger partial charge < -0.3 is 15.0 Å². The third kappa shape index (κ3) is 5.04. The monoisotopic (exact) mass is 242 g/mol. The summed E-state index contributed by atoms with van der Waals surface area (Å²) in [6, 6.07) is 0.0267. The van der Waals surface area contributed by atoms with Crippen molar-refractivity contribution in [3.8, 4) is 0 Å². The molecular weight excluding hydrogens is 216 g/mol. The lowest BCUT2D eigenvalue weighted by atomic mass is 10.0. The van der Waals surface area contributed by atoms with Crippen LogP contribution >= 0.6 is 0 Å². The molecule has 0 saturated carbocycles. The molecule has 4 heteroatoms. The van der Waals surface area contributed by atoms with Crippen LogP contribution in [0.5, 0.6) is 0 Å². The molecule has 1 fully saturated rings. The Labute approximate surface area is 105 Å². The van der Waals surface area contributed by atoms with E-state index in [1.54, 1.807) is 0 Å². The summed E-state index contributed by atoms with van der Waals surface area (Å²) in [5.74, 6) is 0.799. The predicted molar refractivity (Wildman–Crippen MR) is 68.9 cm³/mol. The lowest BCUT2D eigenvalue weighted by Gasteiger charge is -2.32. The van der Waals surface area contributed by atoms with Gasteiger partial charge in [-0.3, -0.25) is 4.79 Å². The highest BCUT2D eigenvalue weighted by atomic mass is 16.5. The molecule has 1 atom stereocenters. The molecule has 1 aliphatic rings. The van der Waals surface area contributed by atoms with Crippen LogP contribution in [0.15, 0.2) is 0 Å². The van der Waals surface area contributed by atoms with E-state index < -0.39 is 0 Å². The molecular formula is C13H26N2O2. The summed E-state index contributed by atoms with van der Waals surface area (Å²) in [6.07, 6.45) is 2.06. The third-order valence-electron chi connectivity index (χ3n) is 2.94. The van der Waals surface area contributed by atoms with Gasteiger partial charge >= 0.3 is 0 Å². The van der Waals surface area contributed by atoms with Gasteiger partial charge in [0.05, 0.1) is 12.6 Å².